The van der Waals surface area contributed by atoms with Gasteiger partial charge in [-0.05, 0) is 48.4 Å². The van der Waals surface area contributed by atoms with Gasteiger partial charge in [-0.2, -0.15) is 11.3 Å². The molecule has 0 fully saturated rings. The number of thiophene rings is 1. The number of hydrogen-bond acceptors (Lipinski definition) is 8. The molecule has 9 heteroatoms. The Bertz CT molecular complexity index is 1160. The van der Waals surface area contributed by atoms with Crippen molar-refractivity contribution in [1.29, 1.82) is 0 Å². The number of amides is 2. The Balaban J connectivity index is 1.53. The Kier molecular flexibility index (Phi) is 6.24. The minimum atomic E-state index is -0.757. The molecule has 1 aromatic heterocycles. The maximum atomic E-state index is 13.1. The van der Waals surface area contributed by atoms with Gasteiger partial charge in [0.15, 0.2) is 0 Å². The smallest absolute Gasteiger partial charge is 0.336 e. The zero-order valence-electron chi connectivity index (χ0n) is 18.4. The second kappa shape index (κ2) is 9.11. The van der Waals surface area contributed by atoms with Crippen LogP contribution >= 0.6 is 11.3 Å². The summed E-state index contributed by atoms with van der Waals surface area (Å²) in [6.07, 6.45) is 0. The lowest BCUT2D eigenvalue weighted by Crippen LogP contribution is -2.37. The van der Waals surface area contributed by atoms with Crippen molar-refractivity contribution in [3.05, 3.63) is 69.1 Å². The standard InChI is InChI=1S/C24H22N2O6S/c1-13-18(23(29)31-3)20(15-8-11-33-12-15)19(14(2)25-13)24(30)32-10-9-26-21(27)16-6-4-5-7-17(16)22(26)28/h4-8,11-12,18,20H,9-10H2,1-3H3. The van der Waals surface area contributed by atoms with Gasteiger partial charge in [-0.15, -0.1) is 0 Å². The highest BCUT2D eigenvalue weighted by Crippen LogP contribution is 2.40. The van der Waals surface area contributed by atoms with Gasteiger partial charge < -0.3 is 9.47 Å². The van der Waals surface area contributed by atoms with E-state index in [4.69, 9.17) is 9.47 Å². The van der Waals surface area contributed by atoms with E-state index in [1.165, 1.54) is 18.4 Å². The quantitative estimate of drug-likeness (QED) is 0.479. The third kappa shape index (κ3) is 4.00. The molecule has 2 atom stereocenters. The SMILES string of the molecule is COC(=O)C1C(C)=NC(C)=C(C(=O)OCCN2C(=O)c3ccccc3C2=O)C1c1ccsc1. The fraction of sp³-hybridized carbons (Fsp3) is 0.292. The Hall–Kier alpha value is -3.59. The average Bonchev–Trinajstić information content (AvgIpc) is 3.41. The molecule has 2 unspecified atom stereocenters. The number of carbonyl (C=O) groups is 4. The summed E-state index contributed by atoms with van der Waals surface area (Å²) in [5.74, 6) is -3.33. The summed E-state index contributed by atoms with van der Waals surface area (Å²) >= 11 is 1.45. The first kappa shape index (κ1) is 22.6. The van der Waals surface area contributed by atoms with Crippen LogP contribution in [0.4, 0.5) is 0 Å². The van der Waals surface area contributed by atoms with Crippen LogP contribution in [0.1, 0.15) is 46.0 Å². The highest BCUT2D eigenvalue weighted by atomic mass is 32.1. The Morgan fingerprint density at radius 3 is 2.33 bits per heavy atom. The lowest BCUT2D eigenvalue weighted by molar-refractivity contribution is -0.144. The lowest BCUT2D eigenvalue weighted by Gasteiger charge is -2.30. The van der Waals surface area contributed by atoms with Crippen LogP contribution in [0.2, 0.25) is 0 Å². The van der Waals surface area contributed by atoms with Gasteiger partial charge in [-0.1, -0.05) is 12.1 Å². The summed E-state index contributed by atoms with van der Waals surface area (Å²) in [5.41, 5.74) is 2.73. The van der Waals surface area contributed by atoms with Gasteiger partial charge in [0, 0.05) is 17.3 Å². The van der Waals surface area contributed by atoms with E-state index in [-0.39, 0.29) is 18.7 Å². The molecule has 3 heterocycles. The molecule has 0 saturated heterocycles. The van der Waals surface area contributed by atoms with E-state index in [0.717, 1.165) is 10.5 Å². The molecule has 2 amide bonds. The molecule has 33 heavy (non-hydrogen) atoms. The summed E-state index contributed by atoms with van der Waals surface area (Å²) in [6, 6.07) is 8.42. The summed E-state index contributed by atoms with van der Waals surface area (Å²) < 4.78 is 10.5. The number of ether oxygens (including phenoxy) is 2. The molecule has 0 spiro atoms. The van der Waals surface area contributed by atoms with E-state index in [9.17, 15) is 19.2 Å². The van der Waals surface area contributed by atoms with E-state index in [1.54, 1.807) is 38.1 Å². The fourth-order valence-corrected chi connectivity index (χ4v) is 4.99. The summed E-state index contributed by atoms with van der Waals surface area (Å²) in [6.45, 7) is 3.17. The molecule has 2 aliphatic heterocycles. The lowest BCUT2D eigenvalue weighted by atomic mass is 9.76. The van der Waals surface area contributed by atoms with Crippen molar-refractivity contribution >= 4 is 40.8 Å². The second-order valence-electron chi connectivity index (χ2n) is 7.73. The molecule has 0 radical (unpaired) electrons. The molecule has 0 bridgehead atoms. The van der Waals surface area contributed by atoms with Gasteiger partial charge in [0.05, 0.1) is 30.4 Å². The van der Waals surface area contributed by atoms with Crippen molar-refractivity contribution in [2.45, 2.75) is 19.8 Å². The van der Waals surface area contributed by atoms with Crippen LogP contribution in [-0.2, 0) is 19.1 Å². The van der Waals surface area contributed by atoms with Crippen LogP contribution in [0.15, 0.2) is 57.4 Å². The summed E-state index contributed by atoms with van der Waals surface area (Å²) in [5, 5.41) is 3.74. The number of rotatable bonds is 6. The van der Waals surface area contributed by atoms with Crippen LogP contribution in [0.5, 0.6) is 0 Å². The zero-order chi connectivity index (χ0) is 23.7. The van der Waals surface area contributed by atoms with Crippen molar-refractivity contribution in [2.75, 3.05) is 20.3 Å². The molecule has 0 aliphatic carbocycles. The van der Waals surface area contributed by atoms with Crippen molar-refractivity contribution in [3.63, 3.8) is 0 Å². The highest BCUT2D eigenvalue weighted by molar-refractivity contribution is 7.08. The van der Waals surface area contributed by atoms with E-state index in [0.29, 0.717) is 22.5 Å². The van der Waals surface area contributed by atoms with E-state index >= 15 is 0 Å². The number of imide groups is 1. The number of methoxy groups -OCH3 is 1. The first-order valence-electron chi connectivity index (χ1n) is 10.3. The maximum absolute atomic E-state index is 13.1. The van der Waals surface area contributed by atoms with Crippen LogP contribution < -0.4 is 0 Å². The van der Waals surface area contributed by atoms with Crippen molar-refractivity contribution in [3.8, 4) is 0 Å². The van der Waals surface area contributed by atoms with E-state index in [1.807, 2.05) is 16.8 Å². The topological polar surface area (TPSA) is 102 Å². The number of fused-ring (bicyclic) bond motifs is 1. The number of nitrogens with zero attached hydrogens (tertiary/aromatic N) is 2. The second-order valence-corrected chi connectivity index (χ2v) is 8.51. The predicted octanol–water partition coefficient (Wildman–Crippen LogP) is 3.21. The molecule has 8 nitrogen and oxygen atoms in total. The Labute approximate surface area is 194 Å². The molecule has 0 saturated carbocycles. The molecular formula is C24H22N2O6S. The van der Waals surface area contributed by atoms with Crippen molar-refractivity contribution in [2.24, 2.45) is 10.9 Å². The van der Waals surface area contributed by atoms with Gasteiger partial charge in [0.1, 0.15) is 12.5 Å². The number of aliphatic imine (C=N–C) groups is 1. The van der Waals surface area contributed by atoms with Gasteiger partial charge in [-0.3, -0.25) is 24.3 Å². The summed E-state index contributed by atoms with van der Waals surface area (Å²) in [7, 11) is 1.30. The number of carbonyl (C=O) groups excluding carboxylic acids is 4. The maximum Gasteiger partial charge on any atom is 0.336 e. The number of allylic oxidation sites excluding steroid dienone is 1. The van der Waals surface area contributed by atoms with Crippen molar-refractivity contribution in [1.82, 2.24) is 4.90 Å². The van der Waals surface area contributed by atoms with E-state index in [2.05, 4.69) is 4.99 Å². The minimum absolute atomic E-state index is 0.0732. The number of hydrogen-bond donors (Lipinski definition) is 0. The third-order valence-electron chi connectivity index (χ3n) is 5.83. The van der Waals surface area contributed by atoms with Crippen LogP contribution in [0, 0.1) is 5.92 Å². The molecule has 2 aliphatic rings. The molecule has 1 aromatic carbocycles. The van der Waals surface area contributed by atoms with Gasteiger partial charge in [0.2, 0.25) is 0 Å². The van der Waals surface area contributed by atoms with Crippen LogP contribution in [-0.4, -0.2) is 54.6 Å². The first-order valence-corrected chi connectivity index (χ1v) is 11.3. The van der Waals surface area contributed by atoms with Gasteiger partial charge in [-0.25, -0.2) is 4.79 Å². The van der Waals surface area contributed by atoms with E-state index < -0.39 is 35.6 Å². The fourth-order valence-electron chi connectivity index (χ4n) is 4.30. The average molecular weight is 467 g/mol. The van der Waals surface area contributed by atoms with Gasteiger partial charge >= 0.3 is 11.9 Å². The monoisotopic (exact) mass is 466 g/mol. The molecular weight excluding hydrogens is 444 g/mol. The van der Waals surface area contributed by atoms with Crippen LogP contribution in [0.3, 0.4) is 0 Å². The molecule has 2 aromatic rings. The summed E-state index contributed by atoms with van der Waals surface area (Å²) in [4.78, 5) is 56.2. The molecule has 4 rings (SSSR count). The minimum Gasteiger partial charge on any atom is -0.468 e. The zero-order valence-corrected chi connectivity index (χ0v) is 19.2. The largest absolute Gasteiger partial charge is 0.468 e. The number of benzene rings is 1. The van der Waals surface area contributed by atoms with Crippen LogP contribution in [0.25, 0.3) is 0 Å². The van der Waals surface area contributed by atoms with Gasteiger partial charge in [0.25, 0.3) is 11.8 Å². The third-order valence-corrected chi connectivity index (χ3v) is 6.53. The Morgan fingerprint density at radius 2 is 1.76 bits per heavy atom. The molecule has 170 valence electrons. The van der Waals surface area contributed by atoms with Crippen molar-refractivity contribution < 1.29 is 28.7 Å². The molecule has 0 N–H and O–H groups in total. The number of esters is 2. The first-order chi connectivity index (χ1) is 15.8. The Morgan fingerprint density at radius 1 is 1.09 bits per heavy atom. The highest BCUT2D eigenvalue weighted by Gasteiger charge is 2.42. The normalized spacial score (nSPS) is 20.0. The predicted molar refractivity (Wildman–Crippen MR) is 121 cm³/mol.